The normalized spacial score (nSPS) is 30.4. The summed E-state index contributed by atoms with van der Waals surface area (Å²) in [7, 11) is 0. The van der Waals surface area contributed by atoms with Crippen molar-refractivity contribution in [1.82, 2.24) is 10.2 Å². The predicted octanol–water partition coefficient (Wildman–Crippen LogP) is 1.59. The lowest BCUT2D eigenvalue weighted by Gasteiger charge is -2.57. The minimum absolute atomic E-state index is 0. The first-order chi connectivity index (χ1) is 10.6. The summed E-state index contributed by atoms with van der Waals surface area (Å²) in [5, 5.41) is 3.02. The van der Waals surface area contributed by atoms with E-state index in [0.29, 0.717) is 19.6 Å². The SMILES string of the molecule is CCOC1CC(N)(C(=O)NCCN2CCOC(C)(C)C2)C1(C)C.Cl.Cl. The molecule has 1 amide bonds. The number of hydrogen-bond donors (Lipinski definition) is 2. The molecule has 0 aromatic rings. The van der Waals surface area contributed by atoms with Crippen LogP contribution in [-0.4, -0.2) is 67.4 Å². The van der Waals surface area contributed by atoms with Crippen LogP contribution in [0.25, 0.3) is 0 Å². The van der Waals surface area contributed by atoms with Crippen LogP contribution in [0.5, 0.6) is 0 Å². The van der Waals surface area contributed by atoms with Crippen LogP contribution in [0.4, 0.5) is 0 Å². The molecule has 1 aliphatic carbocycles. The van der Waals surface area contributed by atoms with Crippen molar-refractivity contribution in [2.45, 2.75) is 58.3 Å². The van der Waals surface area contributed by atoms with Crippen LogP contribution in [-0.2, 0) is 14.3 Å². The van der Waals surface area contributed by atoms with E-state index in [1.807, 2.05) is 20.8 Å². The lowest BCUT2D eigenvalue weighted by molar-refractivity contribution is -0.170. The lowest BCUT2D eigenvalue weighted by atomic mass is 9.54. The molecule has 25 heavy (non-hydrogen) atoms. The molecule has 0 aromatic heterocycles. The Labute approximate surface area is 164 Å². The van der Waals surface area contributed by atoms with Gasteiger partial charge in [0.05, 0.1) is 18.3 Å². The van der Waals surface area contributed by atoms with Crippen molar-refractivity contribution >= 4 is 30.7 Å². The second-order valence-corrected chi connectivity index (χ2v) is 7.98. The molecule has 1 heterocycles. The van der Waals surface area contributed by atoms with E-state index in [1.165, 1.54) is 0 Å². The molecule has 0 radical (unpaired) electrons. The molecule has 0 bridgehead atoms. The summed E-state index contributed by atoms with van der Waals surface area (Å²) in [5.41, 5.74) is 5.09. The van der Waals surface area contributed by atoms with E-state index in [-0.39, 0.29) is 47.8 Å². The van der Waals surface area contributed by atoms with Crippen LogP contribution in [0.1, 0.15) is 41.0 Å². The van der Waals surface area contributed by atoms with Gasteiger partial charge in [0.15, 0.2) is 0 Å². The van der Waals surface area contributed by atoms with Gasteiger partial charge in [-0.25, -0.2) is 0 Å². The molecule has 1 aliphatic heterocycles. The second kappa shape index (κ2) is 9.20. The topological polar surface area (TPSA) is 76.8 Å². The Kier molecular flexibility index (Phi) is 9.16. The van der Waals surface area contributed by atoms with E-state index in [1.54, 1.807) is 0 Å². The number of hydrogen-bond acceptors (Lipinski definition) is 5. The molecule has 0 aromatic carbocycles. The molecular formula is C17H35Cl2N3O3. The zero-order valence-corrected chi connectivity index (χ0v) is 17.7. The van der Waals surface area contributed by atoms with Crippen molar-refractivity contribution in [2.75, 3.05) is 39.4 Å². The standard InChI is InChI=1S/C17H33N3O3.2ClH/c1-6-22-13-11-17(18,16(13,4)5)14(21)19-7-8-20-9-10-23-15(2,3)12-20;;/h13H,6-12,18H2,1-5H3,(H,19,21);2*1H. The molecule has 3 N–H and O–H groups in total. The third-order valence-electron chi connectivity index (χ3n) is 5.45. The summed E-state index contributed by atoms with van der Waals surface area (Å²) in [5.74, 6) is -0.0639. The fourth-order valence-corrected chi connectivity index (χ4v) is 3.61. The van der Waals surface area contributed by atoms with Gasteiger partial charge in [-0.3, -0.25) is 9.69 Å². The Morgan fingerprint density at radius 1 is 1.32 bits per heavy atom. The molecule has 2 unspecified atom stereocenters. The number of carbonyl (C=O) groups excluding carboxylic acids is 1. The van der Waals surface area contributed by atoms with Crippen LogP contribution in [0.2, 0.25) is 0 Å². The lowest BCUT2D eigenvalue weighted by Crippen LogP contribution is -2.76. The maximum atomic E-state index is 12.5. The van der Waals surface area contributed by atoms with Crippen molar-refractivity contribution in [3.05, 3.63) is 0 Å². The summed E-state index contributed by atoms with van der Waals surface area (Å²) in [6, 6.07) is 0. The number of amides is 1. The Morgan fingerprint density at radius 2 is 1.96 bits per heavy atom. The Morgan fingerprint density at radius 3 is 2.48 bits per heavy atom. The molecule has 2 fully saturated rings. The zero-order valence-electron chi connectivity index (χ0n) is 16.1. The Balaban J connectivity index is 0.00000288. The summed E-state index contributed by atoms with van der Waals surface area (Å²) in [4.78, 5) is 14.9. The highest BCUT2D eigenvalue weighted by Crippen LogP contribution is 2.49. The van der Waals surface area contributed by atoms with Gasteiger partial charge in [0.25, 0.3) is 0 Å². The fourth-order valence-electron chi connectivity index (χ4n) is 3.61. The second-order valence-electron chi connectivity index (χ2n) is 7.98. The number of ether oxygens (including phenoxy) is 2. The number of carbonyl (C=O) groups is 1. The molecule has 2 atom stereocenters. The number of halogens is 2. The van der Waals surface area contributed by atoms with Crippen molar-refractivity contribution in [3.63, 3.8) is 0 Å². The largest absolute Gasteiger partial charge is 0.378 e. The van der Waals surface area contributed by atoms with Gasteiger partial charge < -0.3 is 20.5 Å². The molecule has 2 rings (SSSR count). The number of nitrogens with zero attached hydrogens (tertiary/aromatic N) is 1. The fraction of sp³-hybridized carbons (Fsp3) is 0.941. The third-order valence-corrected chi connectivity index (χ3v) is 5.45. The summed E-state index contributed by atoms with van der Waals surface area (Å²) in [6.45, 7) is 14.8. The van der Waals surface area contributed by atoms with Gasteiger partial charge >= 0.3 is 0 Å². The van der Waals surface area contributed by atoms with Crippen LogP contribution < -0.4 is 11.1 Å². The van der Waals surface area contributed by atoms with Gasteiger partial charge in [-0.1, -0.05) is 13.8 Å². The summed E-state index contributed by atoms with van der Waals surface area (Å²) >= 11 is 0. The van der Waals surface area contributed by atoms with E-state index in [0.717, 1.165) is 26.2 Å². The molecule has 6 nitrogen and oxygen atoms in total. The predicted molar refractivity (Wildman–Crippen MR) is 105 cm³/mol. The first-order valence-electron chi connectivity index (χ1n) is 8.67. The quantitative estimate of drug-likeness (QED) is 0.708. The number of nitrogens with one attached hydrogen (secondary N) is 1. The molecule has 8 heteroatoms. The smallest absolute Gasteiger partial charge is 0.240 e. The van der Waals surface area contributed by atoms with Crippen molar-refractivity contribution in [1.29, 1.82) is 0 Å². The molecule has 1 saturated carbocycles. The first-order valence-corrected chi connectivity index (χ1v) is 8.67. The highest BCUT2D eigenvalue weighted by molar-refractivity contribution is 5.88. The third kappa shape index (κ3) is 5.21. The van der Waals surface area contributed by atoms with Gasteiger partial charge in [0.2, 0.25) is 5.91 Å². The van der Waals surface area contributed by atoms with Gasteiger partial charge in [-0.05, 0) is 20.8 Å². The van der Waals surface area contributed by atoms with Gasteiger partial charge in [0, 0.05) is 44.6 Å². The molecule has 1 saturated heterocycles. The average molecular weight is 400 g/mol. The van der Waals surface area contributed by atoms with Crippen LogP contribution in [0, 0.1) is 5.41 Å². The van der Waals surface area contributed by atoms with Gasteiger partial charge in [-0.15, -0.1) is 24.8 Å². The van der Waals surface area contributed by atoms with Crippen LogP contribution in [0.3, 0.4) is 0 Å². The molecular weight excluding hydrogens is 365 g/mol. The van der Waals surface area contributed by atoms with E-state index in [9.17, 15) is 4.79 Å². The van der Waals surface area contributed by atoms with Crippen LogP contribution >= 0.6 is 24.8 Å². The van der Waals surface area contributed by atoms with E-state index in [4.69, 9.17) is 15.2 Å². The monoisotopic (exact) mass is 399 g/mol. The highest BCUT2D eigenvalue weighted by Gasteiger charge is 2.62. The summed E-state index contributed by atoms with van der Waals surface area (Å²) in [6.07, 6.45) is 0.646. The van der Waals surface area contributed by atoms with Crippen molar-refractivity contribution in [2.24, 2.45) is 11.1 Å². The Bertz CT molecular complexity index is 449. The first kappa shape index (κ1) is 24.9. The number of rotatable bonds is 6. The maximum Gasteiger partial charge on any atom is 0.240 e. The van der Waals surface area contributed by atoms with Gasteiger partial charge in [0.1, 0.15) is 5.54 Å². The summed E-state index contributed by atoms with van der Waals surface area (Å²) < 4.78 is 11.4. The van der Waals surface area contributed by atoms with Crippen molar-refractivity contribution < 1.29 is 14.3 Å². The van der Waals surface area contributed by atoms with E-state index >= 15 is 0 Å². The van der Waals surface area contributed by atoms with Crippen LogP contribution in [0.15, 0.2) is 0 Å². The Hall–Kier alpha value is -0.110. The maximum absolute atomic E-state index is 12.5. The molecule has 2 aliphatic rings. The zero-order chi connectivity index (χ0) is 17.3. The minimum atomic E-state index is -0.836. The van der Waals surface area contributed by atoms with Crippen molar-refractivity contribution in [3.8, 4) is 0 Å². The average Bonchev–Trinajstić information content (AvgIpc) is 2.45. The van der Waals surface area contributed by atoms with E-state index < -0.39 is 5.54 Å². The number of nitrogens with two attached hydrogens (primary N) is 1. The number of morpholine rings is 1. The van der Waals surface area contributed by atoms with E-state index in [2.05, 4.69) is 24.1 Å². The van der Waals surface area contributed by atoms with Gasteiger partial charge in [-0.2, -0.15) is 0 Å². The minimum Gasteiger partial charge on any atom is -0.378 e. The molecule has 0 spiro atoms. The molecule has 150 valence electrons. The highest BCUT2D eigenvalue weighted by atomic mass is 35.5.